The summed E-state index contributed by atoms with van der Waals surface area (Å²) in [7, 11) is 4.79. The number of hydrogen-bond acceptors (Lipinski definition) is 6. The molecular weight excluding hydrogens is 312 g/mol. The Balaban J connectivity index is 1.99. The second kappa shape index (κ2) is 8.75. The van der Waals surface area contributed by atoms with Gasteiger partial charge >= 0.3 is 0 Å². The fourth-order valence-corrected chi connectivity index (χ4v) is 2.77. The molecule has 1 heterocycles. The molecule has 0 aliphatic carbocycles. The molecule has 0 spiro atoms. The highest BCUT2D eigenvalue weighted by Gasteiger charge is 2.28. The minimum absolute atomic E-state index is 0.0614. The zero-order chi connectivity index (χ0) is 17.5. The topological polar surface area (TPSA) is 78.1 Å². The molecule has 2 rings (SSSR count). The van der Waals surface area contributed by atoms with E-state index < -0.39 is 0 Å². The lowest BCUT2D eigenvalue weighted by molar-refractivity contribution is -0.128. The molecule has 1 amide bonds. The number of morpholine rings is 1. The van der Waals surface area contributed by atoms with E-state index in [2.05, 4.69) is 10.6 Å². The van der Waals surface area contributed by atoms with Crippen molar-refractivity contribution in [1.29, 1.82) is 0 Å². The summed E-state index contributed by atoms with van der Waals surface area (Å²) in [6.07, 6.45) is 0.452. The molecule has 7 nitrogen and oxygen atoms in total. The highest BCUT2D eigenvalue weighted by molar-refractivity contribution is 5.82. The SMILES string of the molecule is COc1cc(OC)c(CCNC(=O)[C@H]2NCCO[C@@H]2C)c(OC)c1. The minimum Gasteiger partial charge on any atom is -0.496 e. The van der Waals surface area contributed by atoms with E-state index in [4.69, 9.17) is 18.9 Å². The Morgan fingerprint density at radius 1 is 1.25 bits per heavy atom. The molecule has 24 heavy (non-hydrogen) atoms. The molecule has 2 atom stereocenters. The molecule has 2 N–H and O–H groups in total. The molecule has 1 saturated heterocycles. The van der Waals surface area contributed by atoms with Gasteiger partial charge in [0.1, 0.15) is 23.3 Å². The van der Waals surface area contributed by atoms with Crippen LogP contribution < -0.4 is 24.8 Å². The Hall–Kier alpha value is -1.99. The zero-order valence-electron chi connectivity index (χ0n) is 14.7. The van der Waals surface area contributed by atoms with Crippen LogP contribution in [0.25, 0.3) is 0 Å². The van der Waals surface area contributed by atoms with Gasteiger partial charge in [-0.3, -0.25) is 4.79 Å². The molecule has 0 aromatic heterocycles. The van der Waals surface area contributed by atoms with Crippen LogP contribution in [0, 0.1) is 0 Å². The van der Waals surface area contributed by atoms with Crippen molar-refractivity contribution in [1.82, 2.24) is 10.6 Å². The molecule has 7 heteroatoms. The first-order valence-electron chi connectivity index (χ1n) is 8.02. The molecule has 134 valence electrons. The van der Waals surface area contributed by atoms with Crippen LogP contribution in [-0.2, 0) is 16.0 Å². The van der Waals surface area contributed by atoms with Crippen LogP contribution in [0.2, 0.25) is 0 Å². The first-order chi connectivity index (χ1) is 11.6. The Labute approximate surface area is 142 Å². The molecule has 0 radical (unpaired) electrons. The largest absolute Gasteiger partial charge is 0.496 e. The number of ether oxygens (including phenoxy) is 4. The van der Waals surface area contributed by atoms with Crippen LogP contribution in [0.3, 0.4) is 0 Å². The van der Waals surface area contributed by atoms with E-state index in [1.807, 2.05) is 6.92 Å². The summed E-state index contributed by atoms with van der Waals surface area (Å²) in [4.78, 5) is 12.3. The lowest BCUT2D eigenvalue weighted by Crippen LogP contribution is -2.55. The first-order valence-corrected chi connectivity index (χ1v) is 8.02. The van der Waals surface area contributed by atoms with Gasteiger partial charge in [-0.1, -0.05) is 0 Å². The van der Waals surface area contributed by atoms with Crippen molar-refractivity contribution in [3.05, 3.63) is 17.7 Å². The Morgan fingerprint density at radius 3 is 2.46 bits per heavy atom. The van der Waals surface area contributed by atoms with Gasteiger partial charge in [-0.25, -0.2) is 0 Å². The van der Waals surface area contributed by atoms with E-state index in [1.54, 1.807) is 33.5 Å². The lowest BCUT2D eigenvalue weighted by Gasteiger charge is -2.29. The zero-order valence-corrected chi connectivity index (χ0v) is 14.7. The van der Waals surface area contributed by atoms with Crippen molar-refractivity contribution in [3.8, 4) is 17.2 Å². The Kier molecular flexibility index (Phi) is 6.69. The summed E-state index contributed by atoms with van der Waals surface area (Å²) in [6, 6.07) is 3.29. The second-order valence-corrected chi connectivity index (χ2v) is 5.56. The molecule has 1 aromatic carbocycles. The van der Waals surface area contributed by atoms with Crippen molar-refractivity contribution in [2.45, 2.75) is 25.5 Å². The average Bonchev–Trinajstić information content (AvgIpc) is 2.61. The van der Waals surface area contributed by atoms with Gasteiger partial charge in [0.2, 0.25) is 5.91 Å². The third-order valence-electron chi connectivity index (χ3n) is 4.09. The van der Waals surface area contributed by atoms with E-state index in [0.29, 0.717) is 43.4 Å². The molecule has 0 bridgehead atoms. The van der Waals surface area contributed by atoms with E-state index in [-0.39, 0.29) is 18.1 Å². The number of amides is 1. The maximum Gasteiger partial charge on any atom is 0.239 e. The van der Waals surface area contributed by atoms with Crippen LogP contribution in [-0.4, -0.2) is 59.1 Å². The van der Waals surface area contributed by atoms with Gasteiger partial charge in [0, 0.05) is 30.8 Å². The molecule has 1 aliphatic rings. The van der Waals surface area contributed by atoms with Gasteiger partial charge in [-0.2, -0.15) is 0 Å². The quantitative estimate of drug-likeness (QED) is 0.764. The smallest absolute Gasteiger partial charge is 0.239 e. The summed E-state index contributed by atoms with van der Waals surface area (Å²) in [5.74, 6) is 1.95. The molecule has 0 unspecified atom stereocenters. The molecule has 1 aliphatic heterocycles. The first kappa shape index (κ1) is 18.4. The number of carbonyl (C=O) groups excluding carboxylic acids is 1. The maximum atomic E-state index is 12.3. The van der Waals surface area contributed by atoms with E-state index >= 15 is 0 Å². The second-order valence-electron chi connectivity index (χ2n) is 5.56. The predicted octanol–water partition coefficient (Wildman–Crippen LogP) is 0.748. The molecular formula is C17H26N2O5. The van der Waals surface area contributed by atoms with Crippen LogP contribution >= 0.6 is 0 Å². The maximum absolute atomic E-state index is 12.3. The van der Waals surface area contributed by atoms with Gasteiger partial charge in [-0.05, 0) is 13.3 Å². The molecule has 1 aromatic rings. The highest BCUT2D eigenvalue weighted by Crippen LogP contribution is 2.34. The monoisotopic (exact) mass is 338 g/mol. The number of benzene rings is 1. The Bertz CT molecular complexity index is 539. The highest BCUT2D eigenvalue weighted by atomic mass is 16.5. The molecule has 0 saturated carbocycles. The van der Waals surface area contributed by atoms with Crippen LogP contribution in [0.15, 0.2) is 12.1 Å². The fraction of sp³-hybridized carbons (Fsp3) is 0.588. The van der Waals surface area contributed by atoms with E-state index in [0.717, 1.165) is 5.56 Å². The number of carbonyl (C=O) groups is 1. The number of hydrogen-bond donors (Lipinski definition) is 2. The summed E-state index contributed by atoms with van der Waals surface area (Å²) < 4.78 is 21.6. The standard InChI is InChI=1S/C17H26N2O5/c1-11-16(18-7-8-24-11)17(20)19-6-5-13-14(22-3)9-12(21-2)10-15(13)23-4/h9-11,16,18H,5-8H2,1-4H3,(H,19,20)/t11-,16+/m1/s1. The summed E-state index contributed by atoms with van der Waals surface area (Å²) >= 11 is 0. The third-order valence-corrected chi connectivity index (χ3v) is 4.09. The van der Waals surface area contributed by atoms with Crippen molar-refractivity contribution < 1.29 is 23.7 Å². The third kappa shape index (κ3) is 4.30. The van der Waals surface area contributed by atoms with E-state index in [1.165, 1.54) is 0 Å². The molecule has 1 fully saturated rings. The average molecular weight is 338 g/mol. The van der Waals surface area contributed by atoms with Crippen molar-refractivity contribution in [2.24, 2.45) is 0 Å². The van der Waals surface area contributed by atoms with Crippen molar-refractivity contribution in [2.75, 3.05) is 41.0 Å². The number of nitrogens with one attached hydrogen (secondary N) is 2. The van der Waals surface area contributed by atoms with Gasteiger partial charge in [0.25, 0.3) is 0 Å². The number of rotatable bonds is 7. The van der Waals surface area contributed by atoms with Gasteiger partial charge in [-0.15, -0.1) is 0 Å². The number of methoxy groups -OCH3 is 3. The lowest BCUT2D eigenvalue weighted by atomic mass is 10.1. The van der Waals surface area contributed by atoms with Crippen molar-refractivity contribution in [3.63, 3.8) is 0 Å². The van der Waals surface area contributed by atoms with Crippen LogP contribution in [0.4, 0.5) is 0 Å². The summed E-state index contributed by atoms with van der Waals surface area (Å²) in [5, 5.41) is 6.11. The van der Waals surface area contributed by atoms with Crippen molar-refractivity contribution >= 4 is 5.91 Å². The van der Waals surface area contributed by atoms with Crippen LogP contribution in [0.5, 0.6) is 17.2 Å². The van der Waals surface area contributed by atoms with Gasteiger partial charge < -0.3 is 29.6 Å². The fourth-order valence-electron chi connectivity index (χ4n) is 2.77. The predicted molar refractivity (Wildman–Crippen MR) is 90.0 cm³/mol. The van der Waals surface area contributed by atoms with Gasteiger partial charge in [0.15, 0.2) is 0 Å². The minimum atomic E-state index is -0.321. The summed E-state index contributed by atoms with van der Waals surface area (Å²) in [6.45, 7) is 3.68. The van der Waals surface area contributed by atoms with E-state index in [9.17, 15) is 4.79 Å². The van der Waals surface area contributed by atoms with Gasteiger partial charge in [0.05, 0.1) is 34.0 Å². The normalized spacial score (nSPS) is 20.3. The Morgan fingerprint density at radius 2 is 1.92 bits per heavy atom. The van der Waals surface area contributed by atoms with Crippen LogP contribution in [0.1, 0.15) is 12.5 Å². The summed E-state index contributed by atoms with van der Waals surface area (Å²) in [5.41, 5.74) is 0.891.